The van der Waals surface area contributed by atoms with Gasteiger partial charge in [-0.25, -0.2) is 0 Å². The fraction of sp³-hybridized carbons (Fsp3) is 0.800. The van der Waals surface area contributed by atoms with Crippen LogP contribution >= 0.6 is 0 Å². The first-order valence-corrected chi connectivity index (χ1v) is 5.19. The molecule has 0 atom stereocenters. The summed E-state index contributed by atoms with van der Waals surface area (Å²) in [6.45, 7) is 2.38. The smallest absolute Gasteiger partial charge is 0.294 e. The van der Waals surface area contributed by atoms with Crippen LogP contribution in [0.5, 0.6) is 0 Å². The molecule has 0 rings (SSSR count). The van der Waals surface area contributed by atoms with Gasteiger partial charge in [0.1, 0.15) is 0 Å². The molecule has 0 aliphatic rings. The molecule has 4 nitrogen and oxygen atoms in total. The van der Waals surface area contributed by atoms with Crippen LogP contribution in [0.1, 0.15) is 45.4 Å². The van der Waals surface area contributed by atoms with Crippen molar-refractivity contribution in [2.24, 2.45) is 0 Å². The Morgan fingerprint density at radius 1 is 1.21 bits per heavy atom. The van der Waals surface area contributed by atoms with Gasteiger partial charge in [0.2, 0.25) is 0 Å². The highest BCUT2D eigenvalue weighted by Crippen LogP contribution is 2.01. The van der Waals surface area contributed by atoms with E-state index in [1.54, 1.807) is 0 Å². The van der Waals surface area contributed by atoms with E-state index in [1.165, 1.54) is 19.3 Å². The molecule has 0 unspecified atom stereocenters. The predicted molar refractivity (Wildman–Crippen MR) is 55.5 cm³/mol. The Bertz CT molecular complexity index is 169. The molecule has 0 heterocycles. The first kappa shape index (κ1) is 12.9. The molecule has 0 aromatic heterocycles. The normalized spacial score (nSPS) is 10.6. The molecule has 0 aromatic rings. The molecule has 82 valence electrons. The van der Waals surface area contributed by atoms with Gasteiger partial charge in [-0.05, 0) is 25.7 Å². The SMILES string of the molecule is CCCCCC=CCCCO[N+](=O)[O-]. The van der Waals surface area contributed by atoms with E-state index in [0.29, 0.717) is 6.42 Å². The van der Waals surface area contributed by atoms with Gasteiger partial charge in [0.15, 0.2) is 0 Å². The Labute approximate surface area is 85.1 Å². The molecule has 0 spiro atoms. The van der Waals surface area contributed by atoms with Crippen LogP contribution in [0, 0.1) is 10.1 Å². The lowest BCUT2D eigenvalue weighted by Crippen LogP contribution is -2.01. The molecule has 0 radical (unpaired) electrons. The number of hydrogen-bond donors (Lipinski definition) is 0. The number of nitrogens with zero attached hydrogens (tertiary/aromatic N) is 1. The van der Waals surface area contributed by atoms with Gasteiger partial charge >= 0.3 is 0 Å². The summed E-state index contributed by atoms with van der Waals surface area (Å²) < 4.78 is 0. The number of allylic oxidation sites excluding steroid dienone is 2. The predicted octanol–water partition coefficient (Wildman–Crippen LogP) is 3.11. The summed E-state index contributed by atoms with van der Waals surface area (Å²) in [5, 5.41) is 9.03. The van der Waals surface area contributed by atoms with Crippen molar-refractivity contribution < 1.29 is 9.92 Å². The lowest BCUT2D eigenvalue weighted by molar-refractivity contribution is -0.757. The molecular formula is C10H19NO3. The summed E-state index contributed by atoms with van der Waals surface area (Å²) in [4.78, 5) is 13.9. The van der Waals surface area contributed by atoms with Gasteiger partial charge in [0, 0.05) is 0 Å². The highest BCUT2D eigenvalue weighted by atomic mass is 16.9. The van der Waals surface area contributed by atoms with Crippen molar-refractivity contribution in [3.05, 3.63) is 22.3 Å². The van der Waals surface area contributed by atoms with E-state index in [-0.39, 0.29) is 6.61 Å². The third-order valence-corrected chi connectivity index (χ3v) is 1.85. The summed E-state index contributed by atoms with van der Waals surface area (Å²) >= 11 is 0. The van der Waals surface area contributed by atoms with Gasteiger partial charge < -0.3 is 4.84 Å². The molecule has 0 fully saturated rings. The number of hydrogen-bond acceptors (Lipinski definition) is 3. The van der Waals surface area contributed by atoms with Crippen molar-refractivity contribution in [2.45, 2.75) is 45.4 Å². The van der Waals surface area contributed by atoms with Crippen LogP contribution in [0.4, 0.5) is 0 Å². The fourth-order valence-electron chi connectivity index (χ4n) is 1.09. The van der Waals surface area contributed by atoms with Crippen molar-refractivity contribution in [1.29, 1.82) is 0 Å². The summed E-state index contributed by atoms with van der Waals surface area (Å²) in [7, 11) is 0. The van der Waals surface area contributed by atoms with Crippen LogP contribution in [0.3, 0.4) is 0 Å². The van der Waals surface area contributed by atoms with Gasteiger partial charge in [-0.3, -0.25) is 0 Å². The maximum atomic E-state index is 9.77. The molecule has 0 bridgehead atoms. The Morgan fingerprint density at radius 3 is 2.43 bits per heavy atom. The van der Waals surface area contributed by atoms with Crippen molar-refractivity contribution in [3.8, 4) is 0 Å². The summed E-state index contributed by atoms with van der Waals surface area (Å²) in [5.41, 5.74) is 0. The van der Waals surface area contributed by atoms with Crippen molar-refractivity contribution in [1.82, 2.24) is 0 Å². The maximum absolute atomic E-state index is 9.77. The summed E-state index contributed by atoms with van der Waals surface area (Å²) in [6, 6.07) is 0. The first-order valence-electron chi connectivity index (χ1n) is 5.19. The Balaban J connectivity index is 3.07. The van der Waals surface area contributed by atoms with Crippen molar-refractivity contribution >= 4 is 0 Å². The molecule has 0 aliphatic carbocycles. The number of rotatable bonds is 9. The minimum Gasteiger partial charge on any atom is -0.314 e. The summed E-state index contributed by atoms with van der Waals surface area (Å²) in [5.74, 6) is 0. The van der Waals surface area contributed by atoms with Gasteiger partial charge in [0.05, 0.1) is 6.61 Å². The minimum atomic E-state index is -0.745. The fourth-order valence-corrected chi connectivity index (χ4v) is 1.09. The Hall–Kier alpha value is -1.06. The minimum absolute atomic E-state index is 0.201. The third kappa shape index (κ3) is 10.9. The second-order valence-corrected chi connectivity index (χ2v) is 3.17. The van der Waals surface area contributed by atoms with E-state index >= 15 is 0 Å². The average molecular weight is 201 g/mol. The van der Waals surface area contributed by atoms with E-state index in [1.807, 2.05) is 0 Å². The molecule has 4 heteroatoms. The van der Waals surface area contributed by atoms with Crippen LogP contribution in [0.25, 0.3) is 0 Å². The maximum Gasteiger partial charge on any atom is 0.294 e. The average Bonchev–Trinajstić information content (AvgIpc) is 2.15. The lowest BCUT2D eigenvalue weighted by atomic mass is 10.2. The molecule has 0 amide bonds. The van der Waals surface area contributed by atoms with E-state index in [0.717, 1.165) is 12.8 Å². The zero-order chi connectivity index (χ0) is 10.6. The second kappa shape index (κ2) is 10.0. The molecule has 0 saturated carbocycles. The third-order valence-electron chi connectivity index (χ3n) is 1.85. The molecule has 14 heavy (non-hydrogen) atoms. The van der Waals surface area contributed by atoms with Crippen LogP contribution in [-0.2, 0) is 4.84 Å². The van der Waals surface area contributed by atoms with Crippen molar-refractivity contribution in [2.75, 3.05) is 6.61 Å². The Kier molecular flexibility index (Phi) is 9.26. The second-order valence-electron chi connectivity index (χ2n) is 3.17. The van der Waals surface area contributed by atoms with E-state index in [4.69, 9.17) is 0 Å². The van der Waals surface area contributed by atoms with E-state index in [9.17, 15) is 10.1 Å². The van der Waals surface area contributed by atoms with Gasteiger partial charge in [-0.1, -0.05) is 31.9 Å². The van der Waals surface area contributed by atoms with E-state index in [2.05, 4.69) is 23.9 Å². The van der Waals surface area contributed by atoms with Crippen LogP contribution in [0.2, 0.25) is 0 Å². The van der Waals surface area contributed by atoms with Gasteiger partial charge in [-0.2, -0.15) is 0 Å². The standard InChI is InChI=1S/C10H19NO3/c1-2-3-4-5-6-7-8-9-10-14-11(12)13/h6-7H,2-5,8-10H2,1H3. The Morgan fingerprint density at radius 2 is 1.86 bits per heavy atom. The first-order chi connectivity index (χ1) is 6.77. The van der Waals surface area contributed by atoms with Crippen LogP contribution < -0.4 is 0 Å². The zero-order valence-corrected chi connectivity index (χ0v) is 8.78. The summed E-state index contributed by atoms with van der Waals surface area (Å²) in [6.07, 6.45) is 10.6. The highest BCUT2D eigenvalue weighted by molar-refractivity contribution is 4.81. The van der Waals surface area contributed by atoms with Crippen LogP contribution in [-0.4, -0.2) is 11.7 Å². The molecule has 0 N–H and O–H groups in total. The van der Waals surface area contributed by atoms with E-state index < -0.39 is 5.09 Å². The molecule has 0 saturated heterocycles. The zero-order valence-electron chi connectivity index (χ0n) is 8.78. The topological polar surface area (TPSA) is 52.4 Å². The lowest BCUT2D eigenvalue weighted by Gasteiger charge is -1.95. The van der Waals surface area contributed by atoms with Crippen molar-refractivity contribution in [3.63, 3.8) is 0 Å². The highest BCUT2D eigenvalue weighted by Gasteiger charge is 1.91. The van der Waals surface area contributed by atoms with Crippen LogP contribution in [0.15, 0.2) is 12.2 Å². The largest absolute Gasteiger partial charge is 0.314 e. The van der Waals surface area contributed by atoms with Gasteiger partial charge in [-0.15, -0.1) is 10.1 Å². The molecule has 0 aromatic carbocycles. The molecular weight excluding hydrogens is 182 g/mol. The number of unbranched alkanes of at least 4 members (excludes halogenated alkanes) is 4. The quantitative estimate of drug-likeness (QED) is 0.249. The monoisotopic (exact) mass is 201 g/mol. The van der Waals surface area contributed by atoms with Gasteiger partial charge in [0.25, 0.3) is 5.09 Å². The molecule has 0 aliphatic heterocycles.